The van der Waals surface area contributed by atoms with Crippen LogP contribution in [0.3, 0.4) is 0 Å². The standard InChI is InChI=1S/C21H23N3O6/c1-5-30-21(27)16-9-15(10-17(11-16)24(28)29)20(26)23(4)12-19(25)22-18-8-6-7-13(2)14(18)3/h6-11H,5,12H2,1-4H3,(H,22,25). The molecule has 0 atom stereocenters. The predicted octanol–water partition coefficient (Wildman–Crippen LogP) is 3.10. The Bertz CT molecular complexity index is 1000. The number of carbonyl (C=O) groups is 3. The van der Waals surface area contributed by atoms with Gasteiger partial charge in [0.2, 0.25) is 5.91 Å². The minimum Gasteiger partial charge on any atom is -0.462 e. The van der Waals surface area contributed by atoms with Crippen molar-refractivity contribution < 1.29 is 24.0 Å². The largest absolute Gasteiger partial charge is 0.462 e. The van der Waals surface area contributed by atoms with Gasteiger partial charge in [-0.15, -0.1) is 0 Å². The lowest BCUT2D eigenvalue weighted by Gasteiger charge is -2.18. The van der Waals surface area contributed by atoms with Gasteiger partial charge >= 0.3 is 5.97 Å². The second-order valence-electron chi connectivity index (χ2n) is 6.70. The highest BCUT2D eigenvalue weighted by Crippen LogP contribution is 2.20. The summed E-state index contributed by atoms with van der Waals surface area (Å²) >= 11 is 0. The second kappa shape index (κ2) is 9.64. The number of anilines is 1. The van der Waals surface area contributed by atoms with E-state index in [0.29, 0.717) is 5.69 Å². The van der Waals surface area contributed by atoms with Crippen molar-refractivity contribution in [3.05, 3.63) is 68.8 Å². The first-order valence-corrected chi connectivity index (χ1v) is 9.22. The molecule has 0 spiro atoms. The first kappa shape index (κ1) is 22.5. The fourth-order valence-corrected chi connectivity index (χ4v) is 2.76. The van der Waals surface area contributed by atoms with Crippen LogP contribution in [0.25, 0.3) is 0 Å². The van der Waals surface area contributed by atoms with Gasteiger partial charge in [0, 0.05) is 30.4 Å². The molecule has 2 amide bonds. The molecule has 0 aliphatic carbocycles. The van der Waals surface area contributed by atoms with Gasteiger partial charge in [0.05, 0.1) is 23.6 Å². The zero-order valence-electron chi connectivity index (χ0n) is 17.2. The number of hydrogen-bond acceptors (Lipinski definition) is 6. The van der Waals surface area contributed by atoms with Crippen molar-refractivity contribution in [2.75, 3.05) is 25.5 Å². The van der Waals surface area contributed by atoms with Crippen LogP contribution in [-0.2, 0) is 9.53 Å². The van der Waals surface area contributed by atoms with Gasteiger partial charge < -0.3 is 15.0 Å². The van der Waals surface area contributed by atoms with Crippen LogP contribution in [0.5, 0.6) is 0 Å². The second-order valence-corrected chi connectivity index (χ2v) is 6.70. The summed E-state index contributed by atoms with van der Waals surface area (Å²) in [5.74, 6) is -1.83. The molecule has 0 unspecified atom stereocenters. The van der Waals surface area contributed by atoms with Crippen LogP contribution in [0.4, 0.5) is 11.4 Å². The van der Waals surface area contributed by atoms with E-state index < -0.39 is 28.4 Å². The van der Waals surface area contributed by atoms with E-state index in [9.17, 15) is 24.5 Å². The van der Waals surface area contributed by atoms with Gasteiger partial charge in [-0.25, -0.2) is 4.79 Å². The van der Waals surface area contributed by atoms with E-state index in [2.05, 4.69) is 5.32 Å². The van der Waals surface area contributed by atoms with E-state index in [-0.39, 0.29) is 24.3 Å². The molecule has 158 valence electrons. The number of amides is 2. The normalized spacial score (nSPS) is 10.3. The third kappa shape index (κ3) is 5.40. The molecule has 0 saturated carbocycles. The smallest absolute Gasteiger partial charge is 0.338 e. The first-order valence-electron chi connectivity index (χ1n) is 9.22. The molecule has 2 aromatic carbocycles. The fraction of sp³-hybridized carbons (Fsp3) is 0.286. The van der Waals surface area contributed by atoms with E-state index in [4.69, 9.17) is 4.74 Å². The summed E-state index contributed by atoms with van der Waals surface area (Å²) in [5, 5.41) is 13.9. The highest BCUT2D eigenvalue weighted by Gasteiger charge is 2.22. The highest BCUT2D eigenvalue weighted by molar-refractivity contribution is 6.01. The number of nitrogens with zero attached hydrogens (tertiary/aromatic N) is 2. The van der Waals surface area contributed by atoms with Crippen LogP contribution in [0.15, 0.2) is 36.4 Å². The Hall–Kier alpha value is -3.75. The van der Waals surface area contributed by atoms with E-state index in [0.717, 1.165) is 28.2 Å². The highest BCUT2D eigenvalue weighted by atomic mass is 16.6. The van der Waals surface area contributed by atoms with Crippen molar-refractivity contribution >= 4 is 29.2 Å². The summed E-state index contributed by atoms with van der Waals surface area (Å²) in [6, 6.07) is 8.81. The number of esters is 1. The molecule has 2 aromatic rings. The first-order chi connectivity index (χ1) is 14.1. The molecular weight excluding hydrogens is 390 g/mol. The van der Waals surface area contributed by atoms with Gasteiger partial charge in [-0.2, -0.15) is 0 Å². The Morgan fingerprint density at radius 2 is 1.80 bits per heavy atom. The average molecular weight is 413 g/mol. The molecule has 30 heavy (non-hydrogen) atoms. The van der Waals surface area contributed by atoms with Crippen molar-refractivity contribution in [2.24, 2.45) is 0 Å². The molecule has 9 heteroatoms. The zero-order valence-corrected chi connectivity index (χ0v) is 17.2. The molecule has 0 fully saturated rings. The number of rotatable bonds is 7. The maximum atomic E-state index is 12.7. The van der Waals surface area contributed by atoms with Crippen molar-refractivity contribution in [1.82, 2.24) is 4.90 Å². The molecular formula is C21H23N3O6. The molecule has 0 aliphatic heterocycles. The zero-order chi connectivity index (χ0) is 22.4. The number of aryl methyl sites for hydroxylation is 1. The fourth-order valence-electron chi connectivity index (χ4n) is 2.76. The number of benzene rings is 2. The third-order valence-electron chi connectivity index (χ3n) is 4.49. The number of carbonyl (C=O) groups excluding carboxylic acids is 3. The van der Waals surface area contributed by atoms with Crippen LogP contribution in [0.1, 0.15) is 38.8 Å². The number of nitro benzene ring substituents is 1. The third-order valence-corrected chi connectivity index (χ3v) is 4.49. The monoisotopic (exact) mass is 413 g/mol. The Morgan fingerprint density at radius 3 is 2.43 bits per heavy atom. The van der Waals surface area contributed by atoms with E-state index in [1.54, 1.807) is 13.0 Å². The number of hydrogen-bond donors (Lipinski definition) is 1. The lowest BCUT2D eigenvalue weighted by molar-refractivity contribution is -0.384. The van der Waals surface area contributed by atoms with Gasteiger partial charge in [0.25, 0.3) is 11.6 Å². The number of likely N-dealkylation sites (N-methyl/N-ethyl adjacent to an activating group) is 1. The van der Waals surface area contributed by atoms with Gasteiger partial charge in [0.1, 0.15) is 0 Å². The maximum absolute atomic E-state index is 12.7. The van der Waals surface area contributed by atoms with Crippen LogP contribution in [0.2, 0.25) is 0 Å². The maximum Gasteiger partial charge on any atom is 0.338 e. The molecule has 1 N–H and O–H groups in total. The summed E-state index contributed by atoms with van der Waals surface area (Å²) in [6.07, 6.45) is 0. The molecule has 0 saturated heterocycles. The van der Waals surface area contributed by atoms with Crippen LogP contribution in [0, 0.1) is 24.0 Å². The quantitative estimate of drug-likeness (QED) is 0.423. The van der Waals surface area contributed by atoms with E-state index >= 15 is 0 Å². The summed E-state index contributed by atoms with van der Waals surface area (Å²) in [5.41, 5.74) is 1.95. The summed E-state index contributed by atoms with van der Waals surface area (Å²) < 4.78 is 4.86. The topological polar surface area (TPSA) is 119 Å². The van der Waals surface area contributed by atoms with E-state index in [1.165, 1.54) is 13.1 Å². The van der Waals surface area contributed by atoms with Crippen molar-refractivity contribution in [3.63, 3.8) is 0 Å². The molecule has 0 bridgehead atoms. The van der Waals surface area contributed by atoms with Gasteiger partial charge in [-0.3, -0.25) is 19.7 Å². The minimum absolute atomic E-state index is 0.0866. The molecule has 0 radical (unpaired) electrons. The predicted molar refractivity (Wildman–Crippen MR) is 111 cm³/mol. The Morgan fingerprint density at radius 1 is 1.13 bits per heavy atom. The van der Waals surface area contributed by atoms with E-state index in [1.807, 2.05) is 26.0 Å². The lowest BCUT2D eigenvalue weighted by atomic mass is 10.1. The summed E-state index contributed by atoms with van der Waals surface area (Å²) in [4.78, 5) is 48.7. The van der Waals surface area contributed by atoms with Crippen molar-refractivity contribution in [2.45, 2.75) is 20.8 Å². The van der Waals surface area contributed by atoms with Gasteiger partial charge in [0.15, 0.2) is 0 Å². The number of nitrogens with one attached hydrogen (secondary N) is 1. The number of nitro groups is 1. The van der Waals surface area contributed by atoms with Crippen LogP contribution >= 0.6 is 0 Å². The van der Waals surface area contributed by atoms with Gasteiger partial charge in [-0.1, -0.05) is 12.1 Å². The molecule has 0 aromatic heterocycles. The molecule has 2 rings (SSSR count). The van der Waals surface area contributed by atoms with Crippen LogP contribution in [-0.4, -0.2) is 47.8 Å². The SMILES string of the molecule is CCOC(=O)c1cc(C(=O)N(C)CC(=O)Nc2cccc(C)c2C)cc([N+](=O)[O-])c1. The Balaban J connectivity index is 2.20. The summed E-state index contributed by atoms with van der Waals surface area (Å²) in [7, 11) is 1.40. The van der Waals surface area contributed by atoms with Crippen molar-refractivity contribution in [3.8, 4) is 0 Å². The van der Waals surface area contributed by atoms with Crippen molar-refractivity contribution in [1.29, 1.82) is 0 Å². The minimum atomic E-state index is -0.773. The molecule has 9 nitrogen and oxygen atoms in total. The number of ether oxygens (including phenoxy) is 1. The van der Waals surface area contributed by atoms with Crippen LogP contribution < -0.4 is 5.32 Å². The Kier molecular flexibility index (Phi) is 7.24. The van der Waals surface area contributed by atoms with Gasteiger partial charge in [-0.05, 0) is 44.0 Å². The molecule has 0 aliphatic rings. The number of non-ortho nitro benzene ring substituents is 1. The summed E-state index contributed by atoms with van der Waals surface area (Å²) in [6.45, 7) is 5.21. The average Bonchev–Trinajstić information content (AvgIpc) is 2.70. The molecule has 0 heterocycles. The lowest BCUT2D eigenvalue weighted by Crippen LogP contribution is -2.35. The Labute approximate surface area is 173 Å².